The summed E-state index contributed by atoms with van der Waals surface area (Å²) < 4.78 is 0. The highest BCUT2D eigenvalue weighted by Gasteiger charge is 2.37. The van der Waals surface area contributed by atoms with E-state index in [0.29, 0.717) is 23.7 Å². The lowest BCUT2D eigenvalue weighted by Crippen LogP contribution is -2.30. The number of hydrogen-bond donors (Lipinski definition) is 1. The molecule has 0 amide bonds. The molecule has 4 atom stereocenters. The van der Waals surface area contributed by atoms with Gasteiger partial charge in [0.15, 0.2) is 0 Å². The molecule has 2 heteroatoms. The fourth-order valence-corrected chi connectivity index (χ4v) is 10.5. The van der Waals surface area contributed by atoms with Crippen molar-refractivity contribution in [3.05, 3.63) is 94.3 Å². The van der Waals surface area contributed by atoms with Crippen molar-refractivity contribution in [1.29, 1.82) is 0 Å². The lowest BCUT2D eigenvalue weighted by Gasteiger charge is -2.41. The quantitative estimate of drug-likeness (QED) is 0.250. The van der Waals surface area contributed by atoms with Crippen molar-refractivity contribution in [3.63, 3.8) is 0 Å². The van der Waals surface area contributed by atoms with Crippen LogP contribution >= 0.6 is 0 Å². The number of hydrogen-bond acceptors (Lipinski definition) is 2. The zero-order valence-electron chi connectivity index (χ0n) is 29.7. The molecule has 252 valence electrons. The minimum Gasteiger partial charge on any atom is -0.372 e. The van der Waals surface area contributed by atoms with Crippen LogP contribution in [0.2, 0.25) is 0 Å². The molecule has 0 spiro atoms. The summed E-state index contributed by atoms with van der Waals surface area (Å²) in [6.45, 7) is 4.73. The molecule has 0 saturated heterocycles. The SMILES string of the molecule is CC(C)c1ccccc1C(Nc1c(C2CCCCCC2)cccc1C1CCCCCC1)c1cccc(C2CCCC3CCCCC32)n1. The van der Waals surface area contributed by atoms with E-state index >= 15 is 0 Å². The Balaban J connectivity index is 1.33. The molecule has 4 fully saturated rings. The van der Waals surface area contributed by atoms with Crippen molar-refractivity contribution >= 4 is 5.69 Å². The van der Waals surface area contributed by atoms with Crippen LogP contribution in [0.25, 0.3) is 0 Å². The highest BCUT2D eigenvalue weighted by atomic mass is 15.0. The van der Waals surface area contributed by atoms with Crippen LogP contribution in [0.15, 0.2) is 60.7 Å². The minimum absolute atomic E-state index is 0.0377. The third kappa shape index (κ3) is 7.52. The molecule has 7 rings (SSSR count). The first-order valence-electron chi connectivity index (χ1n) is 20.1. The highest BCUT2D eigenvalue weighted by molar-refractivity contribution is 5.63. The van der Waals surface area contributed by atoms with E-state index in [0.717, 1.165) is 11.8 Å². The summed E-state index contributed by atoms with van der Waals surface area (Å²) >= 11 is 0. The molecule has 4 saturated carbocycles. The van der Waals surface area contributed by atoms with Crippen LogP contribution in [0.5, 0.6) is 0 Å². The monoisotopic (exact) mass is 630 g/mol. The third-order valence-electron chi connectivity index (χ3n) is 13.0. The molecule has 4 aliphatic carbocycles. The Labute approximate surface area is 287 Å². The molecular weight excluding hydrogens is 569 g/mol. The number of nitrogens with one attached hydrogen (secondary N) is 1. The lowest BCUT2D eigenvalue weighted by atomic mass is 9.64. The molecule has 2 nitrogen and oxygen atoms in total. The Morgan fingerprint density at radius 3 is 1.79 bits per heavy atom. The van der Waals surface area contributed by atoms with Gasteiger partial charge in [0.1, 0.15) is 0 Å². The average Bonchev–Trinajstić information content (AvgIpc) is 3.57. The van der Waals surface area contributed by atoms with Crippen molar-refractivity contribution < 1.29 is 0 Å². The van der Waals surface area contributed by atoms with E-state index in [1.165, 1.54) is 150 Å². The van der Waals surface area contributed by atoms with Gasteiger partial charge >= 0.3 is 0 Å². The van der Waals surface area contributed by atoms with Crippen molar-refractivity contribution in [1.82, 2.24) is 4.98 Å². The van der Waals surface area contributed by atoms with E-state index in [1.807, 2.05) is 0 Å². The molecule has 1 aromatic heterocycles. The number of benzene rings is 2. The Morgan fingerprint density at radius 2 is 1.13 bits per heavy atom. The molecule has 1 heterocycles. The van der Waals surface area contributed by atoms with Gasteiger partial charge in [-0.3, -0.25) is 4.98 Å². The number of nitrogens with zero attached hydrogens (tertiary/aromatic N) is 1. The maximum atomic E-state index is 5.71. The molecule has 1 N–H and O–H groups in total. The average molecular weight is 631 g/mol. The van der Waals surface area contributed by atoms with Gasteiger partial charge in [0, 0.05) is 17.3 Å². The number of pyridine rings is 1. The van der Waals surface area contributed by atoms with Crippen LogP contribution in [0.1, 0.15) is 199 Å². The maximum Gasteiger partial charge on any atom is 0.0943 e. The second-order valence-corrected chi connectivity index (χ2v) is 16.3. The molecule has 0 bridgehead atoms. The topological polar surface area (TPSA) is 24.9 Å². The van der Waals surface area contributed by atoms with Crippen LogP contribution in [0, 0.1) is 11.8 Å². The van der Waals surface area contributed by atoms with Crippen LogP contribution in [0.3, 0.4) is 0 Å². The Morgan fingerprint density at radius 1 is 0.553 bits per heavy atom. The summed E-state index contributed by atoms with van der Waals surface area (Å²) in [7, 11) is 0. The minimum atomic E-state index is 0.0377. The van der Waals surface area contributed by atoms with E-state index in [-0.39, 0.29) is 6.04 Å². The van der Waals surface area contributed by atoms with Gasteiger partial charge in [-0.2, -0.15) is 0 Å². The van der Waals surface area contributed by atoms with Gasteiger partial charge < -0.3 is 5.32 Å². The Bertz CT molecular complexity index is 1380. The number of fused-ring (bicyclic) bond motifs is 1. The molecule has 0 radical (unpaired) electrons. The van der Waals surface area contributed by atoms with E-state index < -0.39 is 0 Å². The van der Waals surface area contributed by atoms with Crippen LogP contribution < -0.4 is 5.32 Å². The first-order valence-corrected chi connectivity index (χ1v) is 20.1. The number of aromatic nitrogens is 1. The summed E-state index contributed by atoms with van der Waals surface area (Å²) in [6.07, 6.45) is 26.2. The van der Waals surface area contributed by atoms with Crippen molar-refractivity contribution in [2.75, 3.05) is 5.32 Å². The predicted molar refractivity (Wildman–Crippen MR) is 200 cm³/mol. The van der Waals surface area contributed by atoms with Crippen molar-refractivity contribution in [3.8, 4) is 0 Å². The molecule has 4 unspecified atom stereocenters. The van der Waals surface area contributed by atoms with Gasteiger partial charge in [-0.05, 0) is 103 Å². The van der Waals surface area contributed by atoms with E-state index in [4.69, 9.17) is 4.98 Å². The van der Waals surface area contributed by atoms with Gasteiger partial charge in [0.05, 0.1) is 11.7 Å². The van der Waals surface area contributed by atoms with Crippen molar-refractivity contribution in [2.24, 2.45) is 11.8 Å². The molecule has 2 aromatic carbocycles. The van der Waals surface area contributed by atoms with E-state index in [1.54, 1.807) is 11.1 Å². The molecule has 3 aromatic rings. The van der Waals surface area contributed by atoms with Crippen LogP contribution in [0.4, 0.5) is 5.69 Å². The second-order valence-electron chi connectivity index (χ2n) is 16.3. The van der Waals surface area contributed by atoms with Crippen LogP contribution in [-0.4, -0.2) is 4.98 Å². The standard InChI is InChI=1S/C45H62N2/c1-32(2)36-24-13-14-26-41(36)45(43-31-17-30-42(46-43)40-29-15-23-33-22-11-12-25-37(33)40)47-44-38(34-18-7-3-4-8-19-34)27-16-28-39(44)35-20-9-5-6-10-21-35/h13-14,16-17,24,26-28,30-35,37,40,45,47H,3-12,15,18-23,25,29H2,1-2H3. The second kappa shape index (κ2) is 15.7. The summed E-state index contributed by atoms with van der Waals surface area (Å²) in [5, 5.41) is 4.40. The molecular formula is C45H62N2. The Kier molecular flexibility index (Phi) is 11.0. The van der Waals surface area contributed by atoms with E-state index in [9.17, 15) is 0 Å². The summed E-state index contributed by atoms with van der Waals surface area (Å²) in [5.74, 6) is 4.12. The first-order chi connectivity index (χ1) is 23.2. The van der Waals surface area contributed by atoms with Gasteiger partial charge in [0.2, 0.25) is 0 Å². The van der Waals surface area contributed by atoms with Crippen LogP contribution in [-0.2, 0) is 0 Å². The first kappa shape index (κ1) is 32.9. The fourth-order valence-electron chi connectivity index (χ4n) is 10.5. The molecule has 4 aliphatic rings. The van der Waals surface area contributed by atoms with Gasteiger partial charge in [-0.15, -0.1) is 0 Å². The smallest absolute Gasteiger partial charge is 0.0943 e. The highest BCUT2D eigenvalue weighted by Crippen LogP contribution is 2.49. The zero-order valence-corrected chi connectivity index (χ0v) is 29.7. The Hall–Kier alpha value is -2.61. The lowest BCUT2D eigenvalue weighted by molar-refractivity contribution is 0.142. The number of rotatable bonds is 8. The number of para-hydroxylation sites is 1. The summed E-state index contributed by atoms with van der Waals surface area (Å²) in [5.41, 5.74) is 10.1. The molecule has 0 aliphatic heterocycles. The zero-order chi connectivity index (χ0) is 32.0. The predicted octanol–water partition coefficient (Wildman–Crippen LogP) is 13.4. The normalized spacial score (nSPS) is 25.5. The van der Waals surface area contributed by atoms with Crippen molar-refractivity contribution in [2.45, 2.75) is 166 Å². The number of anilines is 1. The largest absolute Gasteiger partial charge is 0.372 e. The molecule has 47 heavy (non-hydrogen) atoms. The maximum absolute atomic E-state index is 5.71. The van der Waals surface area contributed by atoms with Gasteiger partial charge in [0.25, 0.3) is 0 Å². The fraction of sp³-hybridized carbons (Fsp3) is 0.622. The third-order valence-corrected chi connectivity index (χ3v) is 13.0. The van der Waals surface area contributed by atoms with Gasteiger partial charge in [-0.25, -0.2) is 0 Å². The van der Waals surface area contributed by atoms with E-state index in [2.05, 4.69) is 79.8 Å². The van der Waals surface area contributed by atoms with Gasteiger partial charge in [-0.1, -0.05) is 146 Å². The summed E-state index contributed by atoms with van der Waals surface area (Å²) in [6, 6.07) is 23.8. The summed E-state index contributed by atoms with van der Waals surface area (Å²) in [4.78, 5) is 5.71.